The number of rotatable bonds is 9. The van der Waals surface area contributed by atoms with E-state index in [1.165, 1.54) is 18.6 Å². The molecular formula is C28H36N4O6S. The normalized spacial score (nSPS) is 18.7. The lowest BCUT2D eigenvalue weighted by atomic mass is 9.99. The summed E-state index contributed by atoms with van der Waals surface area (Å²) < 4.78 is 40.2. The first kappa shape index (κ1) is 28.6. The highest BCUT2D eigenvalue weighted by molar-refractivity contribution is 7.92. The van der Waals surface area contributed by atoms with Crippen LogP contribution in [0.1, 0.15) is 41.2 Å². The van der Waals surface area contributed by atoms with Crippen molar-refractivity contribution in [2.45, 2.75) is 51.3 Å². The van der Waals surface area contributed by atoms with Crippen LogP contribution in [0.15, 0.2) is 57.9 Å². The van der Waals surface area contributed by atoms with Crippen molar-refractivity contribution < 1.29 is 27.6 Å². The van der Waals surface area contributed by atoms with Crippen molar-refractivity contribution in [2.75, 3.05) is 31.5 Å². The van der Waals surface area contributed by atoms with E-state index in [2.05, 4.69) is 26.9 Å². The van der Waals surface area contributed by atoms with E-state index in [-0.39, 0.29) is 52.1 Å². The average Bonchev–Trinajstić information content (AvgIpc) is 3.25. The number of benzene rings is 2. The average molecular weight is 557 g/mol. The van der Waals surface area contributed by atoms with Gasteiger partial charge < -0.3 is 19.3 Å². The maximum atomic E-state index is 13.7. The Kier molecular flexibility index (Phi) is 8.63. The third-order valence-electron chi connectivity index (χ3n) is 6.94. The molecule has 2 heterocycles. The zero-order valence-corrected chi connectivity index (χ0v) is 23.7. The Balaban J connectivity index is 1.65. The monoisotopic (exact) mass is 556 g/mol. The van der Waals surface area contributed by atoms with E-state index in [1.807, 2.05) is 32.2 Å². The van der Waals surface area contributed by atoms with Crippen LogP contribution in [-0.2, 0) is 16.6 Å². The summed E-state index contributed by atoms with van der Waals surface area (Å²) in [5, 5.41) is 13.6. The summed E-state index contributed by atoms with van der Waals surface area (Å²) in [6, 6.07) is 14.4. The summed E-state index contributed by atoms with van der Waals surface area (Å²) >= 11 is 0. The summed E-state index contributed by atoms with van der Waals surface area (Å²) in [6.45, 7) is 8.40. The van der Waals surface area contributed by atoms with Crippen molar-refractivity contribution in [1.29, 1.82) is 0 Å². The first-order valence-electron chi connectivity index (χ1n) is 12.9. The molecule has 11 heteroatoms. The van der Waals surface area contributed by atoms with Gasteiger partial charge in [0.25, 0.3) is 15.9 Å². The first-order valence-corrected chi connectivity index (χ1v) is 14.4. The van der Waals surface area contributed by atoms with Crippen LogP contribution in [0.4, 0.5) is 5.69 Å². The largest absolute Gasteiger partial charge is 0.488 e. The SMILES string of the molecule is Cc1noc(C)c1S(=O)(=O)Nc1ccc2c(c1)C(=O)N([C@@H](C)CO)C[C@H](C)[C@H](CN(C)Cc1ccccc1)O2. The number of aliphatic hydroxyl groups excluding tert-OH is 1. The van der Waals surface area contributed by atoms with E-state index in [0.717, 1.165) is 6.54 Å². The van der Waals surface area contributed by atoms with Crippen LogP contribution in [0.2, 0.25) is 0 Å². The van der Waals surface area contributed by atoms with Gasteiger partial charge in [-0.2, -0.15) is 0 Å². The number of nitrogens with one attached hydrogen (secondary N) is 1. The number of hydrogen-bond donors (Lipinski definition) is 2. The fourth-order valence-electron chi connectivity index (χ4n) is 4.84. The summed E-state index contributed by atoms with van der Waals surface area (Å²) in [5.41, 5.74) is 1.84. The van der Waals surface area contributed by atoms with E-state index >= 15 is 0 Å². The Morgan fingerprint density at radius 1 is 1.21 bits per heavy atom. The number of aryl methyl sites for hydroxylation is 2. The molecule has 0 bridgehead atoms. The highest BCUT2D eigenvalue weighted by Gasteiger charge is 2.34. The number of aliphatic hydroxyl groups is 1. The molecule has 0 fully saturated rings. The second-order valence-electron chi connectivity index (χ2n) is 10.3. The Morgan fingerprint density at radius 2 is 1.92 bits per heavy atom. The molecule has 10 nitrogen and oxygen atoms in total. The van der Waals surface area contributed by atoms with Gasteiger partial charge in [0, 0.05) is 31.2 Å². The molecule has 0 spiro atoms. The smallest absolute Gasteiger partial charge is 0.267 e. The van der Waals surface area contributed by atoms with E-state index in [9.17, 15) is 18.3 Å². The van der Waals surface area contributed by atoms with Gasteiger partial charge in [-0.25, -0.2) is 8.42 Å². The molecule has 4 rings (SSSR count). The predicted molar refractivity (Wildman–Crippen MR) is 147 cm³/mol. The second kappa shape index (κ2) is 11.8. The van der Waals surface area contributed by atoms with Gasteiger partial charge in [-0.3, -0.25) is 14.4 Å². The van der Waals surface area contributed by atoms with E-state index < -0.39 is 16.1 Å². The number of aromatic nitrogens is 1. The van der Waals surface area contributed by atoms with Crippen molar-refractivity contribution in [3.63, 3.8) is 0 Å². The number of sulfonamides is 1. The van der Waals surface area contributed by atoms with E-state index in [4.69, 9.17) is 9.26 Å². The molecular weight excluding hydrogens is 520 g/mol. The topological polar surface area (TPSA) is 125 Å². The predicted octanol–water partition coefficient (Wildman–Crippen LogP) is 3.44. The van der Waals surface area contributed by atoms with Gasteiger partial charge in [-0.05, 0) is 51.6 Å². The molecule has 2 aromatic carbocycles. The summed E-state index contributed by atoms with van der Waals surface area (Å²) in [6.07, 6.45) is -0.260. The number of carbonyl (C=O) groups excluding carboxylic acids is 1. The number of likely N-dealkylation sites (N-methyl/N-ethyl adjacent to an activating group) is 1. The van der Waals surface area contributed by atoms with Crippen LogP contribution in [0.25, 0.3) is 0 Å². The summed E-state index contributed by atoms with van der Waals surface area (Å²) in [7, 11) is -1.99. The molecule has 2 N–H and O–H groups in total. The number of fused-ring (bicyclic) bond motifs is 1. The number of amides is 1. The van der Waals surface area contributed by atoms with Gasteiger partial charge in [-0.15, -0.1) is 0 Å². The lowest BCUT2D eigenvalue weighted by Gasteiger charge is -2.38. The zero-order valence-electron chi connectivity index (χ0n) is 22.9. The van der Waals surface area contributed by atoms with Crippen LogP contribution in [0, 0.1) is 19.8 Å². The molecule has 0 unspecified atom stereocenters. The van der Waals surface area contributed by atoms with Crippen LogP contribution in [0.3, 0.4) is 0 Å². The van der Waals surface area contributed by atoms with Crippen molar-refractivity contribution in [2.24, 2.45) is 5.92 Å². The van der Waals surface area contributed by atoms with Gasteiger partial charge in [0.05, 0.1) is 18.2 Å². The Hall–Kier alpha value is -3.41. The minimum atomic E-state index is -4.01. The van der Waals surface area contributed by atoms with Crippen LogP contribution < -0.4 is 9.46 Å². The minimum absolute atomic E-state index is 0.0351. The van der Waals surface area contributed by atoms with Crippen molar-refractivity contribution in [3.8, 4) is 5.75 Å². The molecule has 0 aliphatic carbocycles. The third-order valence-corrected chi connectivity index (χ3v) is 8.57. The number of hydrogen-bond acceptors (Lipinski definition) is 8. The number of carbonyl (C=O) groups is 1. The number of anilines is 1. The molecule has 39 heavy (non-hydrogen) atoms. The maximum Gasteiger partial charge on any atom is 0.267 e. The molecule has 210 valence electrons. The highest BCUT2D eigenvalue weighted by atomic mass is 32.2. The van der Waals surface area contributed by atoms with Gasteiger partial charge in [0.15, 0.2) is 10.7 Å². The molecule has 3 aromatic rings. The first-order chi connectivity index (χ1) is 18.5. The Bertz CT molecular complexity index is 1390. The molecule has 1 aliphatic heterocycles. The van der Waals surface area contributed by atoms with Gasteiger partial charge in [0.1, 0.15) is 17.5 Å². The van der Waals surface area contributed by atoms with Gasteiger partial charge in [0.2, 0.25) is 0 Å². The van der Waals surface area contributed by atoms with Crippen LogP contribution in [-0.4, -0.2) is 73.3 Å². The number of ether oxygens (including phenoxy) is 1. The molecule has 1 aliphatic rings. The quantitative estimate of drug-likeness (QED) is 0.411. The Labute approximate surface area is 229 Å². The van der Waals surface area contributed by atoms with Gasteiger partial charge >= 0.3 is 0 Å². The van der Waals surface area contributed by atoms with Gasteiger partial charge in [-0.1, -0.05) is 42.4 Å². The van der Waals surface area contributed by atoms with Crippen LogP contribution >= 0.6 is 0 Å². The summed E-state index contributed by atoms with van der Waals surface area (Å²) in [5.74, 6) is 0.157. The standard InChI is InChI=1S/C28H36N4O6S/c1-18-14-32(19(2)17-33)28(34)24-13-23(30-39(35,36)27-20(3)29-38-21(27)4)11-12-25(24)37-26(18)16-31(5)15-22-9-7-6-8-10-22/h6-13,18-19,26,30,33H,14-17H2,1-5H3/t18-,19-,26-/m0/s1. The molecule has 1 amide bonds. The molecule has 0 saturated heterocycles. The minimum Gasteiger partial charge on any atom is -0.488 e. The molecule has 0 saturated carbocycles. The zero-order chi connectivity index (χ0) is 28.3. The Morgan fingerprint density at radius 3 is 2.56 bits per heavy atom. The highest BCUT2D eigenvalue weighted by Crippen LogP contribution is 2.32. The summed E-state index contributed by atoms with van der Waals surface area (Å²) in [4.78, 5) is 17.4. The molecule has 1 aromatic heterocycles. The molecule has 3 atom stereocenters. The fourth-order valence-corrected chi connectivity index (χ4v) is 6.22. The lowest BCUT2D eigenvalue weighted by Crippen LogP contribution is -2.49. The molecule has 0 radical (unpaired) electrons. The van der Waals surface area contributed by atoms with E-state index in [0.29, 0.717) is 18.8 Å². The maximum absolute atomic E-state index is 13.7. The third kappa shape index (κ3) is 6.43. The van der Waals surface area contributed by atoms with Crippen molar-refractivity contribution in [3.05, 3.63) is 71.1 Å². The lowest BCUT2D eigenvalue weighted by molar-refractivity contribution is 0.0341. The van der Waals surface area contributed by atoms with Crippen molar-refractivity contribution in [1.82, 2.24) is 15.0 Å². The fraction of sp³-hybridized carbons (Fsp3) is 0.429. The van der Waals surface area contributed by atoms with Crippen LogP contribution in [0.5, 0.6) is 5.75 Å². The second-order valence-corrected chi connectivity index (χ2v) is 11.9. The van der Waals surface area contributed by atoms with E-state index in [1.54, 1.807) is 30.9 Å². The number of nitrogens with zero attached hydrogens (tertiary/aromatic N) is 3. The van der Waals surface area contributed by atoms with Crippen molar-refractivity contribution >= 4 is 21.6 Å².